The van der Waals surface area contributed by atoms with Gasteiger partial charge in [0.2, 0.25) is 8.32 Å². The highest BCUT2D eigenvalue weighted by Crippen LogP contribution is 2.54. The fraction of sp³-hybridized carbons (Fsp3) is 0.588. The van der Waals surface area contributed by atoms with Crippen molar-refractivity contribution in [2.45, 2.75) is 129 Å². The number of benzene rings is 2. The SMILES string of the molecule is CC(C)(C)[Si](F)(CC(=O)OCc1ccccc1)C(C)(C)C.CC(C)(C)[Si](O)(CC(=O)OCc1ccccc1)C(C)(C)C. The number of rotatable bonds is 8. The molecule has 0 aliphatic carbocycles. The molecule has 8 heteroatoms. The van der Waals surface area contributed by atoms with Crippen LogP contribution in [0.4, 0.5) is 4.11 Å². The summed E-state index contributed by atoms with van der Waals surface area (Å²) in [4.78, 5) is 35.5. The van der Waals surface area contributed by atoms with E-state index in [0.717, 1.165) is 11.1 Å². The Bertz CT molecular complexity index is 1010. The monoisotopic (exact) mass is 618 g/mol. The average Bonchev–Trinajstić information content (AvgIpc) is 2.85. The van der Waals surface area contributed by atoms with Crippen LogP contribution in [0.25, 0.3) is 0 Å². The first-order valence-electron chi connectivity index (χ1n) is 14.7. The molecule has 0 saturated heterocycles. The highest BCUT2D eigenvalue weighted by molar-refractivity contribution is 6.81. The van der Waals surface area contributed by atoms with Crippen LogP contribution >= 0.6 is 0 Å². The molecule has 42 heavy (non-hydrogen) atoms. The van der Waals surface area contributed by atoms with Gasteiger partial charge >= 0.3 is 11.9 Å². The fourth-order valence-corrected chi connectivity index (χ4v) is 12.9. The lowest BCUT2D eigenvalue weighted by Gasteiger charge is -2.46. The molecule has 0 heterocycles. The summed E-state index contributed by atoms with van der Waals surface area (Å²) in [6.45, 7) is 23.8. The number of hydrogen-bond donors (Lipinski definition) is 1. The van der Waals surface area contributed by atoms with Gasteiger partial charge in [0.25, 0.3) is 8.41 Å². The lowest BCUT2D eigenvalue weighted by atomic mass is 10.2. The van der Waals surface area contributed by atoms with E-state index in [1.54, 1.807) is 0 Å². The molecule has 236 valence electrons. The molecule has 0 fully saturated rings. The van der Waals surface area contributed by atoms with Gasteiger partial charge in [0.15, 0.2) is 0 Å². The molecule has 0 bridgehead atoms. The van der Waals surface area contributed by atoms with Gasteiger partial charge < -0.3 is 18.4 Å². The average molecular weight is 619 g/mol. The Morgan fingerprint density at radius 3 is 1.19 bits per heavy atom. The molecule has 0 amide bonds. The van der Waals surface area contributed by atoms with E-state index in [9.17, 15) is 14.4 Å². The lowest BCUT2D eigenvalue weighted by Crippen LogP contribution is -2.53. The van der Waals surface area contributed by atoms with Crippen molar-refractivity contribution in [2.75, 3.05) is 0 Å². The van der Waals surface area contributed by atoms with Crippen LogP contribution in [0.15, 0.2) is 60.7 Å². The summed E-state index contributed by atoms with van der Waals surface area (Å²) in [5.41, 5.74) is 1.88. The number of halogens is 1. The van der Waals surface area contributed by atoms with Gasteiger partial charge in [-0.05, 0) is 31.3 Å². The summed E-state index contributed by atoms with van der Waals surface area (Å²) < 4.78 is 26.2. The molecular formula is C34H55FO5Si2. The molecule has 0 unspecified atom stereocenters. The Morgan fingerprint density at radius 1 is 0.595 bits per heavy atom. The van der Waals surface area contributed by atoms with E-state index in [1.807, 2.05) is 144 Å². The molecule has 0 aliphatic heterocycles. The minimum absolute atomic E-state index is 0.0904. The Labute approximate surface area is 256 Å². The quantitative estimate of drug-likeness (QED) is 0.181. The zero-order valence-electron chi connectivity index (χ0n) is 28.1. The molecule has 0 radical (unpaired) electrons. The van der Waals surface area contributed by atoms with Crippen molar-refractivity contribution in [3.05, 3.63) is 71.8 Å². The first-order chi connectivity index (χ1) is 18.9. The zero-order chi connectivity index (χ0) is 32.6. The summed E-state index contributed by atoms with van der Waals surface area (Å²) in [6, 6.07) is 19.1. The molecule has 1 N–H and O–H groups in total. The summed E-state index contributed by atoms with van der Waals surface area (Å²) in [5.74, 6) is -0.740. The van der Waals surface area contributed by atoms with Crippen LogP contribution in [0.1, 0.15) is 94.2 Å². The highest BCUT2D eigenvalue weighted by Gasteiger charge is 2.57. The van der Waals surface area contributed by atoms with Crippen molar-refractivity contribution in [1.82, 2.24) is 0 Å². The smallest absolute Gasteiger partial charge is 0.306 e. The first-order valence-corrected chi connectivity index (χ1v) is 19.0. The van der Waals surface area contributed by atoms with Gasteiger partial charge in [0.1, 0.15) is 13.2 Å². The fourth-order valence-electron chi connectivity index (χ4n) is 5.30. The molecule has 0 atom stereocenters. The van der Waals surface area contributed by atoms with Crippen LogP contribution in [-0.4, -0.2) is 33.5 Å². The molecule has 0 spiro atoms. The summed E-state index contributed by atoms with van der Waals surface area (Å²) >= 11 is 0. The highest BCUT2D eigenvalue weighted by atomic mass is 28.4. The number of hydrogen-bond acceptors (Lipinski definition) is 5. The molecule has 5 nitrogen and oxygen atoms in total. The maximum atomic E-state index is 15.6. The zero-order valence-corrected chi connectivity index (χ0v) is 30.1. The molecule has 2 aromatic rings. The Morgan fingerprint density at radius 2 is 0.905 bits per heavy atom. The van der Waals surface area contributed by atoms with Gasteiger partial charge in [-0.3, -0.25) is 9.59 Å². The van der Waals surface area contributed by atoms with Crippen LogP contribution in [0.2, 0.25) is 32.2 Å². The maximum Gasteiger partial charge on any atom is 0.306 e. The molecule has 2 rings (SSSR count). The van der Waals surface area contributed by atoms with E-state index < -0.39 is 32.8 Å². The van der Waals surface area contributed by atoms with Gasteiger partial charge in [0.05, 0.1) is 12.1 Å². The number of carbonyl (C=O) groups is 2. The first kappa shape index (κ1) is 37.7. The van der Waals surface area contributed by atoms with E-state index in [-0.39, 0.29) is 41.3 Å². The molecule has 0 aliphatic rings. The number of esters is 2. The third-order valence-corrected chi connectivity index (χ3v) is 19.4. The summed E-state index contributed by atoms with van der Waals surface area (Å²) in [7, 11) is -6.16. The van der Waals surface area contributed by atoms with Gasteiger partial charge in [-0.2, -0.15) is 0 Å². The van der Waals surface area contributed by atoms with Crippen LogP contribution in [0.3, 0.4) is 0 Å². The van der Waals surface area contributed by atoms with Crippen molar-refractivity contribution < 1.29 is 28.0 Å². The van der Waals surface area contributed by atoms with Crippen LogP contribution in [-0.2, 0) is 32.3 Å². The second-order valence-electron chi connectivity index (χ2n) is 15.3. The molecule has 0 aromatic heterocycles. The van der Waals surface area contributed by atoms with Crippen LogP contribution in [0.5, 0.6) is 0 Å². The maximum absolute atomic E-state index is 15.6. The van der Waals surface area contributed by atoms with Gasteiger partial charge in [-0.15, -0.1) is 0 Å². The van der Waals surface area contributed by atoms with Gasteiger partial charge in [0, 0.05) is 0 Å². The molecule has 0 saturated carbocycles. The third-order valence-electron chi connectivity index (χ3n) is 8.13. The predicted molar refractivity (Wildman–Crippen MR) is 176 cm³/mol. The third kappa shape index (κ3) is 10.5. The van der Waals surface area contributed by atoms with Crippen molar-refractivity contribution in [1.29, 1.82) is 0 Å². The standard InChI is InChI=1S/C17H27FO2Si.C17H28O3Si/c1-16(2,3)21(18,17(4,5)6)13-15(19)20-12-14-10-8-7-9-11-14;1-16(2,3)21(19,17(4,5)6)13-15(18)20-12-14-10-8-7-9-11-14/h7-11H,12-13H2,1-6H3;7-11,19H,12-13H2,1-6H3. The number of ether oxygens (including phenoxy) is 2. The summed E-state index contributed by atoms with van der Waals surface area (Å²) in [6.07, 6.45) is 0. The second kappa shape index (κ2) is 14.5. The van der Waals surface area contributed by atoms with Crippen molar-refractivity contribution in [2.24, 2.45) is 0 Å². The Balaban J connectivity index is 0.000000420. The van der Waals surface area contributed by atoms with E-state index in [2.05, 4.69) is 0 Å². The van der Waals surface area contributed by atoms with Crippen molar-refractivity contribution in [3.8, 4) is 0 Å². The van der Waals surface area contributed by atoms with E-state index >= 15 is 4.11 Å². The van der Waals surface area contributed by atoms with E-state index in [4.69, 9.17) is 9.47 Å². The van der Waals surface area contributed by atoms with E-state index in [0.29, 0.717) is 0 Å². The summed E-state index contributed by atoms with van der Waals surface area (Å²) in [5, 5.41) is -1.57. The van der Waals surface area contributed by atoms with Gasteiger partial charge in [-0.1, -0.05) is 144 Å². The largest absolute Gasteiger partial charge is 0.461 e. The Hall–Kier alpha value is -2.30. The second-order valence-corrected chi connectivity index (χ2v) is 25.3. The minimum Gasteiger partial charge on any atom is -0.461 e. The normalized spacial score (nSPS) is 13.1. The topological polar surface area (TPSA) is 72.8 Å². The van der Waals surface area contributed by atoms with Gasteiger partial charge in [-0.25, -0.2) is 0 Å². The van der Waals surface area contributed by atoms with E-state index in [1.165, 1.54) is 0 Å². The lowest BCUT2D eigenvalue weighted by molar-refractivity contribution is -0.143. The number of carbonyl (C=O) groups excluding carboxylic acids is 2. The van der Waals surface area contributed by atoms with Crippen LogP contribution < -0.4 is 0 Å². The molecule has 2 aromatic carbocycles. The van der Waals surface area contributed by atoms with Crippen LogP contribution in [0, 0.1) is 0 Å². The van der Waals surface area contributed by atoms with Crippen molar-refractivity contribution in [3.63, 3.8) is 0 Å². The molecular weight excluding hydrogens is 564 g/mol. The van der Waals surface area contributed by atoms with Crippen molar-refractivity contribution >= 4 is 28.7 Å². The Kier molecular flexibility index (Phi) is 13.0. The minimum atomic E-state index is -3.33. The predicted octanol–water partition coefficient (Wildman–Crippen LogP) is 9.51.